The molecule has 0 radical (unpaired) electrons. The molecule has 0 spiro atoms. The van der Waals surface area contributed by atoms with Gasteiger partial charge in [0.15, 0.2) is 0 Å². The van der Waals surface area contributed by atoms with Crippen LogP contribution >= 0.6 is 0 Å². The molecule has 0 aliphatic carbocycles. The van der Waals surface area contributed by atoms with Gasteiger partial charge in [-0.3, -0.25) is 0 Å². The van der Waals surface area contributed by atoms with Crippen LogP contribution in [0.25, 0.3) is 0 Å². The topological polar surface area (TPSA) is 92.8 Å². The van der Waals surface area contributed by atoms with Crippen LogP contribution in [0.4, 0.5) is 0 Å². The van der Waals surface area contributed by atoms with Crippen molar-refractivity contribution in [2.24, 2.45) is 5.92 Å². The van der Waals surface area contributed by atoms with Crippen molar-refractivity contribution in [3.63, 3.8) is 0 Å². The van der Waals surface area contributed by atoms with E-state index in [1.165, 1.54) is 17.7 Å². The summed E-state index contributed by atoms with van der Waals surface area (Å²) in [5.74, 6) is 0.425. The Labute approximate surface area is 144 Å². The minimum Gasteiger partial charge on any atom is -0.495 e. The minimum absolute atomic E-state index is 0.119. The zero-order chi connectivity index (χ0) is 18.0. The average molecular weight is 377 g/mol. The highest BCUT2D eigenvalue weighted by Crippen LogP contribution is 2.25. The maximum Gasteiger partial charge on any atom is 0.244 e. The van der Waals surface area contributed by atoms with E-state index in [-0.39, 0.29) is 17.4 Å². The fourth-order valence-corrected chi connectivity index (χ4v) is 4.99. The van der Waals surface area contributed by atoms with Gasteiger partial charge in [-0.25, -0.2) is 25.9 Å². The van der Waals surface area contributed by atoms with Gasteiger partial charge in [0.25, 0.3) is 0 Å². The molecule has 0 unspecified atom stereocenters. The van der Waals surface area contributed by atoms with Gasteiger partial charge in [0.1, 0.15) is 10.6 Å². The van der Waals surface area contributed by atoms with Gasteiger partial charge in [-0.1, -0.05) is 6.07 Å². The van der Waals surface area contributed by atoms with Crippen molar-refractivity contribution < 1.29 is 21.6 Å². The van der Waals surface area contributed by atoms with Crippen LogP contribution in [-0.4, -0.2) is 54.1 Å². The van der Waals surface area contributed by atoms with Crippen molar-refractivity contribution in [3.8, 4) is 5.75 Å². The van der Waals surface area contributed by atoms with Crippen LogP contribution in [0.5, 0.6) is 5.75 Å². The summed E-state index contributed by atoms with van der Waals surface area (Å²) in [6.07, 6.45) is 2.47. The first-order valence-corrected chi connectivity index (χ1v) is 11.1. The molecule has 0 saturated carbocycles. The van der Waals surface area contributed by atoms with E-state index in [9.17, 15) is 16.8 Å². The van der Waals surface area contributed by atoms with Gasteiger partial charge in [0.05, 0.1) is 13.4 Å². The molecule has 2 rings (SSSR count). The molecule has 1 heterocycles. The summed E-state index contributed by atoms with van der Waals surface area (Å²) in [5, 5.41) is 0. The molecule has 1 fully saturated rings. The van der Waals surface area contributed by atoms with E-state index < -0.39 is 20.0 Å². The number of sulfonamides is 2. The number of nitrogens with zero attached hydrogens (tertiary/aromatic N) is 1. The Bertz CT molecular complexity index is 782. The summed E-state index contributed by atoms with van der Waals surface area (Å²) in [6.45, 7) is 2.97. The van der Waals surface area contributed by atoms with Crippen molar-refractivity contribution in [2.45, 2.75) is 24.7 Å². The summed E-state index contributed by atoms with van der Waals surface area (Å²) in [5.41, 5.74) is 0.831. The van der Waals surface area contributed by atoms with Crippen molar-refractivity contribution >= 4 is 20.0 Å². The number of hydrogen-bond donors (Lipinski definition) is 1. The van der Waals surface area contributed by atoms with Gasteiger partial charge in [-0.2, -0.15) is 0 Å². The summed E-state index contributed by atoms with van der Waals surface area (Å²) < 4.78 is 57.3. The number of aryl methyl sites for hydroxylation is 1. The first-order chi connectivity index (χ1) is 11.1. The maximum absolute atomic E-state index is 12.5. The Morgan fingerprint density at radius 2 is 1.83 bits per heavy atom. The van der Waals surface area contributed by atoms with Gasteiger partial charge in [0, 0.05) is 19.6 Å². The highest BCUT2D eigenvalue weighted by molar-refractivity contribution is 7.89. The third-order valence-electron chi connectivity index (χ3n) is 4.21. The number of benzene rings is 1. The van der Waals surface area contributed by atoms with Gasteiger partial charge in [0.2, 0.25) is 20.0 Å². The van der Waals surface area contributed by atoms with Crippen molar-refractivity contribution in [3.05, 3.63) is 23.8 Å². The van der Waals surface area contributed by atoms with E-state index in [4.69, 9.17) is 4.74 Å². The molecular formula is C15H24N2O5S2. The smallest absolute Gasteiger partial charge is 0.244 e. The van der Waals surface area contributed by atoms with Gasteiger partial charge in [-0.15, -0.1) is 0 Å². The van der Waals surface area contributed by atoms with E-state index in [1.807, 2.05) is 6.92 Å². The molecule has 0 aromatic heterocycles. The predicted molar refractivity (Wildman–Crippen MR) is 92.1 cm³/mol. The fourth-order valence-electron chi connectivity index (χ4n) is 2.74. The summed E-state index contributed by atoms with van der Waals surface area (Å²) >= 11 is 0. The fraction of sp³-hybridized carbons (Fsp3) is 0.600. The average Bonchev–Trinajstić information content (AvgIpc) is 2.52. The highest BCUT2D eigenvalue weighted by Gasteiger charge is 2.27. The lowest BCUT2D eigenvalue weighted by Crippen LogP contribution is -2.41. The molecule has 9 heteroatoms. The summed E-state index contributed by atoms with van der Waals surface area (Å²) in [7, 11) is -5.41. The molecule has 0 amide bonds. The van der Waals surface area contributed by atoms with Crippen LogP contribution in [0.2, 0.25) is 0 Å². The Morgan fingerprint density at radius 1 is 1.21 bits per heavy atom. The first-order valence-electron chi connectivity index (χ1n) is 7.73. The molecule has 0 bridgehead atoms. The third-order valence-corrected chi connectivity index (χ3v) is 6.96. The highest BCUT2D eigenvalue weighted by atomic mass is 32.2. The van der Waals surface area contributed by atoms with Crippen LogP contribution in [0.15, 0.2) is 23.1 Å². The molecule has 1 aromatic carbocycles. The van der Waals surface area contributed by atoms with E-state index in [2.05, 4.69) is 4.72 Å². The molecule has 136 valence electrons. The van der Waals surface area contributed by atoms with Crippen molar-refractivity contribution in [1.29, 1.82) is 0 Å². The minimum atomic E-state index is -3.67. The second kappa shape index (κ2) is 7.38. The van der Waals surface area contributed by atoms with E-state index in [0.29, 0.717) is 31.7 Å². The molecule has 1 aliphatic heterocycles. The number of nitrogens with one attached hydrogen (secondary N) is 1. The zero-order valence-electron chi connectivity index (χ0n) is 14.1. The zero-order valence-corrected chi connectivity index (χ0v) is 15.8. The molecule has 24 heavy (non-hydrogen) atoms. The number of piperidine rings is 1. The van der Waals surface area contributed by atoms with Crippen LogP contribution in [0.3, 0.4) is 0 Å². The third kappa shape index (κ3) is 4.69. The molecule has 0 atom stereocenters. The van der Waals surface area contributed by atoms with E-state index in [0.717, 1.165) is 5.56 Å². The van der Waals surface area contributed by atoms with Gasteiger partial charge in [-0.05, 0) is 43.4 Å². The normalized spacial score (nSPS) is 17.8. The second-order valence-electron chi connectivity index (χ2n) is 6.11. The first kappa shape index (κ1) is 19.2. The standard InChI is InChI=1S/C15H24N2O5S2/c1-12-4-5-14(22-2)15(10-12)24(20,21)16-11-13-6-8-17(9-7-13)23(3,18)19/h4-5,10,13,16H,6-9,11H2,1-3H3. The van der Waals surface area contributed by atoms with Crippen molar-refractivity contribution in [2.75, 3.05) is 33.0 Å². The Hall–Kier alpha value is -1.16. The number of ether oxygens (including phenoxy) is 1. The second-order valence-corrected chi connectivity index (χ2v) is 9.83. The van der Waals surface area contributed by atoms with Crippen LogP contribution in [-0.2, 0) is 20.0 Å². The van der Waals surface area contributed by atoms with Gasteiger partial charge < -0.3 is 4.74 Å². The van der Waals surface area contributed by atoms with E-state index >= 15 is 0 Å². The largest absolute Gasteiger partial charge is 0.495 e. The lowest BCUT2D eigenvalue weighted by atomic mass is 9.99. The van der Waals surface area contributed by atoms with Gasteiger partial charge >= 0.3 is 0 Å². The molecule has 1 saturated heterocycles. The lowest BCUT2D eigenvalue weighted by Gasteiger charge is -2.30. The lowest BCUT2D eigenvalue weighted by molar-refractivity contribution is 0.275. The number of rotatable bonds is 6. The summed E-state index contributed by atoms with van der Waals surface area (Å²) in [4.78, 5) is 0.124. The summed E-state index contributed by atoms with van der Waals surface area (Å²) in [6, 6.07) is 5.00. The van der Waals surface area contributed by atoms with E-state index in [1.54, 1.807) is 18.2 Å². The monoisotopic (exact) mass is 376 g/mol. The molecule has 1 aliphatic rings. The molecule has 1 aromatic rings. The van der Waals surface area contributed by atoms with Crippen LogP contribution in [0.1, 0.15) is 18.4 Å². The van der Waals surface area contributed by atoms with Crippen molar-refractivity contribution in [1.82, 2.24) is 9.03 Å². The maximum atomic E-state index is 12.5. The molecule has 7 nitrogen and oxygen atoms in total. The Kier molecular flexibility index (Phi) is 5.90. The van der Waals surface area contributed by atoms with Crippen LogP contribution in [0, 0.1) is 12.8 Å². The Balaban J connectivity index is 2.01. The number of hydrogen-bond acceptors (Lipinski definition) is 5. The number of methoxy groups -OCH3 is 1. The quantitative estimate of drug-likeness (QED) is 0.798. The molecule has 1 N–H and O–H groups in total. The molecular weight excluding hydrogens is 352 g/mol. The SMILES string of the molecule is COc1ccc(C)cc1S(=O)(=O)NCC1CCN(S(C)(=O)=O)CC1. The van der Waals surface area contributed by atoms with Crippen LogP contribution < -0.4 is 9.46 Å². The predicted octanol–water partition coefficient (Wildman–Crippen LogP) is 0.954. The Morgan fingerprint density at radius 3 is 2.38 bits per heavy atom.